The number of aromatic hydroxyl groups is 1. The number of methoxy groups -OCH3 is 1. The highest BCUT2D eigenvalue weighted by molar-refractivity contribution is 14.0. The Bertz CT molecular complexity index is 650. The molecule has 0 aliphatic carbocycles. The van der Waals surface area contributed by atoms with Crippen LogP contribution in [0, 0.1) is 0 Å². The number of phenols is 1. The first-order valence-corrected chi connectivity index (χ1v) is 7.43. The molecule has 0 aliphatic rings. The predicted octanol–water partition coefficient (Wildman–Crippen LogP) is 2.32. The maximum absolute atomic E-state index is 9.94. The molecule has 0 spiro atoms. The van der Waals surface area contributed by atoms with E-state index < -0.39 is 0 Å². The van der Waals surface area contributed by atoms with Gasteiger partial charge in [0, 0.05) is 25.9 Å². The van der Waals surface area contributed by atoms with Crippen molar-refractivity contribution in [3.05, 3.63) is 53.9 Å². The molecule has 2 rings (SSSR count). The maximum Gasteiger partial charge on any atom is 0.191 e. The van der Waals surface area contributed by atoms with Crippen molar-refractivity contribution in [2.24, 2.45) is 4.99 Å². The number of nitrogens with one attached hydrogen (secondary N) is 2. The van der Waals surface area contributed by atoms with Crippen LogP contribution in [-0.4, -0.2) is 36.8 Å². The third kappa shape index (κ3) is 6.23. The normalized spacial score (nSPS) is 10.7. The number of hydrogen-bond donors (Lipinski definition) is 3. The van der Waals surface area contributed by atoms with Crippen LogP contribution in [0.5, 0.6) is 11.5 Å². The smallest absolute Gasteiger partial charge is 0.191 e. The topological polar surface area (TPSA) is 78.8 Å². The van der Waals surface area contributed by atoms with Gasteiger partial charge in [0.25, 0.3) is 0 Å². The summed E-state index contributed by atoms with van der Waals surface area (Å²) in [4.78, 5) is 8.42. The van der Waals surface area contributed by atoms with E-state index in [4.69, 9.17) is 4.74 Å². The number of phenolic OH excluding ortho intramolecular Hbond substituents is 1. The van der Waals surface area contributed by atoms with Gasteiger partial charge in [-0.1, -0.05) is 12.1 Å². The Hall–Kier alpha value is -2.03. The zero-order valence-corrected chi connectivity index (χ0v) is 16.2. The van der Waals surface area contributed by atoms with Gasteiger partial charge >= 0.3 is 0 Å². The molecule has 0 bridgehead atoms. The minimum Gasteiger partial charge on any atom is -0.508 e. The molecule has 0 fully saturated rings. The van der Waals surface area contributed by atoms with Gasteiger partial charge in [0.2, 0.25) is 0 Å². The molecule has 0 radical (unpaired) electrons. The molecule has 0 atom stereocenters. The van der Waals surface area contributed by atoms with Gasteiger partial charge in [0.15, 0.2) is 5.96 Å². The summed E-state index contributed by atoms with van der Waals surface area (Å²) in [5.41, 5.74) is 1.81. The van der Waals surface area contributed by atoms with Gasteiger partial charge in [-0.2, -0.15) is 0 Å². The minimum absolute atomic E-state index is 0. The lowest BCUT2D eigenvalue weighted by molar-refractivity contribution is 0.406. The number of guanidine groups is 1. The van der Waals surface area contributed by atoms with Crippen LogP contribution in [0.15, 0.2) is 47.6 Å². The predicted molar refractivity (Wildman–Crippen MR) is 106 cm³/mol. The fraction of sp³-hybridized carbons (Fsp3) is 0.294. The molecule has 1 heterocycles. The number of aliphatic imine (C=N–C) groups is 1. The van der Waals surface area contributed by atoms with Crippen LogP contribution in [0.4, 0.5) is 0 Å². The first kappa shape index (κ1) is 20.0. The van der Waals surface area contributed by atoms with E-state index in [1.807, 2.05) is 30.3 Å². The summed E-state index contributed by atoms with van der Waals surface area (Å²) in [5.74, 6) is 1.58. The van der Waals surface area contributed by atoms with Crippen LogP contribution in [0.25, 0.3) is 0 Å². The van der Waals surface area contributed by atoms with Crippen molar-refractivity contribution in [1.82, 2.24) is 15.6 Å². The van der Waals surface area contributed by atoms with Crippen LogP contribution in [0.1, 0.15) is 11.3 Å². The number of benzene rings is 1. The van der Waals surface area contributed by atoms with E-state index in [-0.39, 0.29) is 29.7 Å². The Morgan fingerprint density at radius 1 is 1.25 bits per heavy atom. The van der Waals surface area contributed by atoms with Crippen LogP contribution in [-0.2, 0) is 13.0 Å². The van der Waals surface area contributed by atoms with Gasteiger partial charge in [-0.15, -0.1) is 24.0 Å². The van der Waals surface area contributed by atoms with E-state index in [1.165, 1.54) is 0 Å². The number of aromatic nitrogens is 1. The molecule has 7 heteroatoms. The molecule has 2 aromatic rings. The van der Waals surface area contributed by atoms with Gasteiger partial charge < -0.3 is 20.5 Å². The zero-order valence-electron chi connectivity index (χ0n) is 13.8. The third-order valence-corrected chi connectivity index (χ3v) is 3.37. The van der Waals surface area contributed by atoms with Gasteiger partial charge in [-0.3, -0.25) is 9.98 Å². The van der Waals surface area contributed by atoms with Crippen molar-refractivity contribution >= 4 is 29.9 Å². The molecule has 0 saturated carbocycles. The molecule has 0 unspecified atom stereocenters. The lowest BCUT2D eigenvalue weighted by atomic mass is 10.1. The van der Waals surface area contributed by atoms with Crippen molar-refractivity contribution < 1.29 is 9.84 Å². The number of rotatable bonds is 6. The summed E-state index contributed by atoms with van der Waals surface area (Å²) in [6, 6.07) is 11.1. The molecule has 130 valence electrons. The van der Waals surface area contributed by atoms with Gasteiger partial charge in [0.1, 0.15) is 11.5 Å². The Labute approximate surface area is 159 Å². The summed E-state index contributed by atoms with van der Waals surface area (Å²) in [6.07, 6.45) is 2.44. The standard InChI is InChI=1S/C17H22N4O2.HI/c1-18-17(21-12-14-5-3-4-9-19-14)20-10-8-13-6-7-15(23-2)11-16(13)22;/h3-7,9,11,22H,8,10,12H2,1-2H3,(H2,18,20,21);1H. The van der Waals surface area contributed by atoms with Crippen molar-refractivity contribution in [2.45, 2.75) is 13.0 Å². The second-order valence-electron chi connectivity index (χ2n) is 4.92. The van der Waals surface area contributed by atoms with Crippen LogP contribution in [0.3, 0.4) is 0 Å². The first-order valence-electron chi connectivity index (χ1n) is 7.43. The van der Waals surface area contributed by atoms with Crippen molar-refractivity contribution in [3.63, 3.8) is 0 Å². The molecule has 3 N–H and O–H groups in total. The molecular formula is C17H23IN4O2. The van der Waals surface area contributed by atoms with E-state index in [0.29, 0.717) is 31.2 Å². The Balaban J connectivity index is 0.00000288. The molecular weight excluding hydrogens is 419 g/mol. The lowest BCUT2D eigenvalue weighted by Crippen LogP contribution is -2.38. The number of halogens is 1. The number of ether oxygens (including phenoxy) is 1. The maximum atomic E-state index is 9.94. The second kappa shape index (κ2) is 10.7. The molecule has 6 nitrogen and oxygen atoms in total. The summed E-state index contributed by atoms with van der Waals surface area (Å²) in [7, 11) is 3.30. The highest BCUT2D eigenvalue weighted by Gasteiger charge is 2.04. The van der Waals surface area contributed by atoms with E-state index in [0.717, 1.165) is 11.3 Å². The highest BCUT2D eigenvalue weighted by Crippen LogP contribution is 2.23. The molecule has 24 heavy (non-hydrogen) atoms. The van der Waals surface area contributed by atoms with Crippen molar-refractivity contribution in [2.75, 3.05) is 20.7 Å². The minimum atomic E-state index is 0. The fourth-order valence-corrected chi connectivity index (χ4v) is 2.10. The summed E-state index contributed by atoms with van der Waals surface area (Å²) in [6.45, 7) is 1.26. The summed E-state index contributed by atoms with van der Waals surface area (Å²) < 4.78 is 5.07. The SMILES string of the molecule is CN=C(NCCc1ccc(OC)cc1O)NCc1ccccn1.I. The van der Waals surface area contributed by atoms with Crippen molar-refractivity contribution in [1.29, 1.82) is 0 Å². The van der Waals surface area contributed by atoms with Crippen LogP contribution < -0.4 is 15.4 Å². The van der Waals surface area contributed by atoms with Gasteiger partial charge in [0.05, 0.1) is 19.3 Å². The van der Waals surface area contributed by atoms with Gasteiger partial charge in [-0.05, 0) is 30.2 Å². The number of nitrogens with zero attached hydrogens (tertiary/aromatic N) is 2. The lowest BCUT2D eigenvalue weighted by Gasteiger charge is -2.12. The highest BCUT2D eigenvalue weighted by atomic mass is 127. The monoisotopic (exact) mass is 442 g/mol. The third-order valence-electron chi connectivity index (χ3n) is 3.37. The van der Waals surface area contributed by atoms with Crippen LogP contribution >= 0.6 is 24.0 Å². The fourth-order valence-electron chi connectivity index (χ4n) is 2.10. The van der Waals surface area contributed by atoms with Crippen molar-refractivity contribution in [3.8, 4) is 11.5 Å². The number of pyridine rings is 1. The van der Waals surface area contributed by atoms with Crippen LogP contribution in [0.2, 0.25) is 0 Å². The van der Waals surface area contributed by atoms with E-state index in [2.05, 4.69) is 20.6 Å². The first-order chi connectivity index (χ1) is 11.2. The average molecular weight is 442 g/mol. The van der Waals surface area contributed by atoms with E-state index >= 15 is 0 Å². The zero-order chi connectivity index (χ0) is 16.5. The van der Waals surface area contributed by atoms with E-state index in [1.54, 1.807) is 26.4 Å². The largest absolute Gasteiger partial charge is 0.508 e. The summed E-state index contributed by atoms with van der Waals surface area (Å²) >= 11 is 0. The van der Waals surface area contributed by atoms with E-state index in [9.17, 15) is 5.11 Å². The molecule has 0 amide bonds. The Morgan fingerprint density at radius 2 is 2.08 bits per heavy atom. The Morgan fingerprint density at radius 3 is 2.71 bits per heavy atom. The number of hydrogen-bond acceptors (Lipinski definition) is 4. The average Bonchev–Trinajstić information content (AvgIpc) is 2.60. The molecule has 1 aromatic carbocycles. The molecule has 0 saturated heterocycles. The Kier molecular flexibility index (Phi) is 8.92. The van der Waals surface area contributed by atoms with Gasteiger partial charge in [-0.25, -0.2) is 0 Å². The second-order valence-corrected chi connectivity index (χ2v) is 4.92. The molecule has 0 aliphatic heterocycles. The molecule has 1 aromatic heterocycles. The summed E-state index contributed by atoms with van der Waals surface area (Å²) in [5, 5.41) is 16.3. The quantitative estimate of drug-likeness (QED) is 0.364.